The number of hydrogen-bond donors (Lipinski definition) is 2. The molecule has 2 aromatic carbocycles. The average molecular weight is 332 g/mol. The lowest BCUT2D eigenvalue weighted by molar-refractivity contribution is -0.0499. The summed E-state index contributed by atoms with van der Waals surface area (Å²) in [4.78, 5) is 0. The van der Waals surface area contributed by atoms with Crippen LogP contribution in [0.2, 0.25) is 0 Å². The number of rotatable bonds is 7. The van der Waals surface area contributed by atoms with Crippen LogP contribution in [0.25, 0.3) is 0 Å². The first-order valence-electron chi connectivity index (χ1n) is 7.46. The van der Waals surface area contributed by atoms with Gasteiger partial charge in [0.25, 0.3) is 0 Å². The van der Waals surface area contributed by atoms with Crippen LogP contribution in [0.5, 0.6) is 5.75 Å². The Balaban J connectivity index is 1.94. The van der Waals surface area contributed by atoms with Crippen molar-refractivity contribution >= 4 is 0 Å². The van der Waals surface area contributed by atoms with Gasteiger partial charge in [-0.25, -0.2) is 0 Å². The van der Waals surface area contributed by atoms with Gasteiger partial charge in [-0.2, -0.15) is 14.0 Å². The van der Waals surface area contributed by atoms with E-state index in [0.717, 1.165) is 5.56 Å². The lowest BCUT2D eigenvalue weighted by atomic mass is 10.1. The molecule has 0 aliphatic heterocycles. The summed E-state index contributed by atoms with van der Waals surface area (Å²) in [6.07, 6.45) is -0.855. The van der Waals surface area contributed by atoms with Crippen molar-refractivity contribution in [1.82, 2.24) is 5.32 Å². The molecule has 6 heteroatoms. The molecule has 0 amide bonds. The first-order chi connectivity index (χ1) is 11.5. The van der Waals surface area contributed by atoms with Gasteiger partial charge in [-0.15, -0.1) is 0 Å². The number of hydrogen-bond acceptors (Lipinski definition) is 4. The minimum atomic E-state index is -2.90. The number of aliphatic hydroxyl groups is 1. The van der Waals surface area contributed by atoms with Crippen LogP contribution in [0.1, 0.15) is 35.8 Å². The fraction of sp³-hybridized carbons (Fsp3) is 0.278. The second-order valence-electron chi connectivity index (χ2n) is 5.33. The molecule has 0 aromatic heterocycles. The standard InChI is InChI=1S/C18H18F2N2O2/c1-12(14-7-5-13(10-21)6-8-14)22-11-17(23)15-3-2-4-16(9-15)24-18(19)20/h2-9,12,17-18,22-23H,11H2,1H3. The summed E-state index contributed by atoms with van der Waals surface area (Å²) in [5, 5.41) is 22.2. The molecule has 2 unspecified atom stereocenters. The van der Waals surface area contributed by atoms with Crippen molar-refractivity contribution in [1.29, 1.82) is 5.26 Å². The second-order valence-corrected chi connectivity index (χ2v) is 5.33. The largest absolute Gasteiger partial charge is 0.435 e. The quantitative estimate of drug-likeness (QED) is 0.814. The highest BCUT2D eigenvalue weighted by Gasteiger charge is 2.12. The summed E-state index contributed by atoms with van der Waals surface area (Å²) in [6.45, 7) is -0.712. The number of alkyl halides is 2. The van der Waals surface area contributed by atoms with Crippen molar-refractivity contribution in [3.63, 3.8) is 0 Å². The summed E-state index contributed by atoms with van der Waals surface area (Å²) in [6, 6.07) is 15.2. The van der Waals surface area contributed by atoms with Gasteiger partial charge in [-0.3, -0.25) is 0 Å². The molecule has 2 atom stereocenters. The molecule has 0 aliphatic rings. The predicted molar refractivity (Wildman–Crippen MR) is 85.6 cm³/mol. The zero-order chi connectivity index (χ0) is 17.5. The number of nitrogens with zero attached hydrogens (tertiary/aromatic N) is 1. The Bertz CT molecular complexity index is 699. The number of halogens is 2. The molecule has 0 aliphatic carbocycles. The van der Waals surface area contributed by atoms with E-state index in [0.29, 0.717) is 11.1 Å². The lowest BCUT2D eigenvalue weighted by Gasteiger charge is -2.18. The van der Waals surface area contributed by atoms with Gasteiger partial charge in [-0.05, 0) is 42.3 Å². The molecule has 24 heavy (non-hydrogen) atoms. The molecule has 4 nitrogen and oxygen atoms in total. The number of benzene rings is 2. The van der Waals surface area contributed by atoms with Gasteiger partial charge in [-0.1, -0.05) is 24.3 Å². The van der Waals surface area contributed by atoms with Crippen molar-refractivity contribution in [3.8, 4) is 11.8 Å². The lowest BCUT2D eigenvalue weighted by Crippen LogP contribution is -2.24. The van der Waals surface area contributed by atoms with Crippen molar-refractivity contribution in [2.24, 2.45) is 0 Å². The zero-order valence-electron chi connectivity index (χ0n) is 13.1. The van der Waals surface area contributed by atoms with Crippen molar-refractivity contribution in [2.75, 3.05) is 6.54 Å². The highest BCUT2D eigenvalue weighted by Crippen LogP contribution is 2.21. The second kappa shape index (κ2) is 8.39. The Labute approximate surface area is 139 Å². The zero-order valence-corrected chi connectivity index (χ0v) is 13.1. The smallest absolute Gasteiger partial charge is 0.387 e. The van der Waals surface area contributed by atoms with Gasteiger partial charge in [0.15, 0.2) is 0 Å². The first kappa shape index (κ1) is 17.9. The molecule has 0 radical (unpaired) electrons. The molecular weight excluding hydrogens is 314 g/mol. The van der Waals surface area contributed by atoms with Crippen LogP contribution in [-0.4, -0.2) is 18.3 Å². The Kier molecular flexibility index (Phi) is 6.24. The fourth-order valence-electron chi connectivity index (χ4n) is 2.27. The van der Waals surface area contributed by atoms with E-state index in [1.54, 1.807) is 24.3 Å². The summed E-state index contributed by atoms with van der Waals surface area (Å²) in [5.41, 5.74) is 2.06. The summed E-state index contributed by atoms with van der Waals surface area (Å²) in [7, 11) is 0. The summed E-state index contributed by atoms with van der Waals surface area (Å²) >= 11 is 0. The van der Waals surface area contributed by atoms with Crippen LogP contribution >= 0.6 is 0 Å². The third kappa shape index (κ3) is 5.01. The van der Waals surface area contributed by atoms with Gasteiger partial charge in [0.1, 0.15) is 5.75 Å². The first-order valence-corrected chi connectivity index (χ1v) is 7.46. The van der Waals surface area contributed by atoms with E-state index >= 15 is 0 Å². The van der Waals surface area contributed by atoms with Crippen LogP contribution < -0.4 is 10.1 Å². The molecule has 2 rings (SSSR count). The van der Waals surface area contributed by atoms with E-state index in [9.17, 15) is 13.9 Å². The number of nitriles is 1. The van der Waals surface area contributed by atoms with E-state index in [-0.39, 0.29) is 18.3 Å². The minimum Gasteiger partial charge on any atom is -0.435 e. The van der Waals surface area contributed by atoms with Crippen LogP contribution in [-0.2, 0) is 0 Å². The highest BCUT2D eigenvalue weighted by atomic mass is 19.3. The van der Waals surface area contributed by atoms with Crippen LogP contribution in [0, 0.1) is 11.3 Å². The topological polar surface area (TPSA) is 65.3 Å². The monoisotopic (exact) mass is 332 g/mol. The van der Waals surface area contributed by atoms with E-state index in [4.69, 9.17) is 5.26 Å². The van der Waals surface area contributed by atoms with E-state index < -0.39 is 12.7 Å². The molecule has 2 aromatic rings. The van der Waals surface area contributed by atoms with Crippen molar-refractivity contribution in [2.45, 2.75) is 25.7 Å². The average Bonchev–Trinajstić information content (AvgIpc) is 2.59. The molecule has 0 fully saturated rings. The number of aliphatic hydroxyl groups excluding tert-OH is 1. The molecule has 0 heterocycles. The molecular formula is C18H18F2N2O2. The molecule has 0 saturated heterocycles. The van der Waals surface area contributed by atoms with Crippen LogP contribution in [0.15, 0.2) is 48.5 Å². The summed E-state index contributed by atoms with van der Waals surface area (Å²) < 4.78 is 28.8. The van der Waals surface area contributed by atoms with Gasteiger partial charge in [0, 0.05) is 12.6 Å². The maximum atomic E-state index is 12.2. The predicted octanol–water partition coefficient (Wildman–Crippen LogP) is 3.54. The SMILES string of the molecule is CC(NCC(O)c1cccc(OC(F)F)c1)c1ccc(C#N)cc1. The third-order valence-corrected chi connectivity index (χ3v) is 3.63. The van der Waals surface area contributed by atoms with Gasteiger partial charge in [0.2, 0.25) is 0 Å². The molecule has 0 spiro atoms. The molecule has 0 saturated carbocycles. The maximum Gasteiger partial charge on any atom is 0.387 e. The highest BCUT2D eigenvalue weighted by molar-refractivity contribution is 5.33. The Morgan fingerprint density at radius 2 is 1.88 bits per heavy atom. The maximum absolute atomic E-state index is 12.2. The van der Waals surface area contributed by atoms with Crippen molar-refractivity contribution in [3.05, 3.63) is 65.2 Å². The minimum absolute atomic E-state index is 0.0155. The number of ether oxygens (including phenoxy) is 1. The molecule has 0 bridgehead atoms. The molecule has 126 valence electrons. The van der Waals surface area contributed by atoms with E-state index in [1.165, 1.54) is 12.1 Å². The third-order valence-electron chi connectivity index (χ3n) is 3.63. The van der Waals surface area contributed by atoms with E-state index in [1.807, 2.05) is 19.1 Å². The Hall–Kier alpha value is -2.49. The molecule has 2 N–H and O–H groups in total. The van der Waals surface area contributed by atoms with E-state index in [2.05, 4.69) is 16.1 Å². The van der Waals surface area contributed by atoms with Gasteiger partial charge in [0.05, 0.1) is 17.7 Å². The Morgan fingerprint density at radius 3 is 2.50 bits per heavy atom. The normalized spacial score (nSPS) is 13.3. The van der Waals surface area contributed by atoms with Gasteiger partial charge < -0.3 is 15.2 Å². The van der Waals surface area contributed by atoms with Crippen molar-refractivity contribution < 1.29 is 18.6 Å². The van der Waals surface area contributed by atoms with Crippen LogP contribution in [0.3, 0.4) is 0 Å². The fourth-order valence-corrected chi connectivity index (χ4v) is 2.27. The van der Waals surface area contributed by atoms with Crippen LogP contribution in [0.4, 0.5) is 8.78 Å². The summed E-state index contributed by atoms with van der Waals surface area (Å²) in [5.74, 6) is 0.0155. The van der Waals surface area contributed by atoms with Gasteiger partial charge >= 0.3 is 6.61 Å². The Morgan fingerprint density at radius 1 is 1.17 bits per heavy atom. The number of nitrogens with one attached hydrogen (secondary N) is 1.